The lowest BCUT2D eigenvalue weighted by atomic mass is 10.2. The normalized spacial score (nSPS) is 10.0. The summed E-state index contributed by atoms with van der Waals surface area (Å²) in [7, 11) is 1.28. The lowest BCUT2D eigenvalue weighted by Crippen LogP contribution is -2.21. The predicted octanol–water partition coefficient (Wildman–Crippen LogP) is 1.09. The van der Waals surface area contributed by atoms with Gasteiger partial charge in [0.2, 0.25) is 5.91 Å². The zero-order valence-electron chi connectivity index (χ0n) is 10.9. The third kappa shape index (κ3) is 4.93. The molecular formula is C12H12ClNO7. The van der Waals surface area contributed by atoms with Crippen LogP contribution in [0, 0.1) is 0 Å². The average molecular weight is 318 g/mol. The van der Waals surface area contributed by atoms with E-state index in [-0.39, 0.29) is 22.0 Å². The molecule has 0 aromatic heterocycles. The first-order valence-electron chi connectivity index (χ1n) is 5.55. The molecule has 1 rings (SSSR count). The number of aromatic carboxylic acids is 1. The number of halogens is 1. The van der Waals surface area contributed by atoms with Gasteiger partial charge in [-0.15, -0.1) is 0 Å². The fourth-order valence-corrected chi connectivity index (χ4v) is 1.61. The zero-order valence-corrected chi connectivity index (χ0v) is 11.6. The molecule has 0 spiro atoms. The Balaban J connectivity index is 2.81. The molecule has 0 fully saturated rings. The molecule has 8 nitrogen and oxygen atoms in total. The number of carboxylic acid groups (broad SMARTS) is 2. The number of ether oxygens (including phenoxy) is 2. The van der Waals surface area contributed by atoms with E-state index < -0.39 is 31.1 Å². The number of amides is 1. The van der Waals surface area contributed by atoms with Crippen molar-refractivity contribution >= 4 is 35.1 Å². The molecule has 0 radical (unpaired) electrons. The smallest absolute Gasteiger partial charge is 0.339 e. The van der Waals surface area contributed by atoms with Crippen molar-refractivity contribution in [2.75, 3.05) is 25.6 Å². The third-order valence-corrected chi connectivity index (χ3v) is 2.57. The van der Waals surface area contributed by atoms with E-state index in [4.69, 9.17) is 26.6 Å². The minimum absolute atomic E-state index is 0.000199. The maximum absolute atomic E-state index is 11.5. The molecule has 0 aliphatic heterocycles. The Labute approximate surface area is 124 Å². The quantitative estimate of drug-likeness (QED) is 0.687. The Bertz CT molecular complexity index is 573. The number of carboxylic acids is 2. The minimum Gasteiger partial charge on any atom is -0.496 e. The summed E-state index contributed by atoms with van der Waals surface area (Å²) in [5, 5.41) is 19.7. The van der Waals surface area contributed by atoms with Crippen LogP contribution in [0.15, 0.2) is 12.1 Å². The second kappa shape index (κ2) is 7.46. The van der Waals surface area contributed by atoms with E-state index in [1.54, 1.807) is 0 Å². The van der Waals surface area contributed by atoms with Gasteiger partial charge >= 0.3 is 11.9 Å². The van der Waals surface area contributed by atoms with Crippen LogP contribution >= 0.6 is 11.6 Å². The lowest BCUT2D eigenvalue weighted by Gasteiger charge is -2.11. The van der Waals surface area contributed by atoms with Gasteiger partial charge in [0.15, 0.2) is 0 Å². The Hall–Kier alpha value is -2.32. The van der Waals surface area contributed by atoms with Gasteiger partial charge < -0.3 is 25.0 Å². The number of hydrogen-bond donors (Lipinski definition) is 3. The number of aliphatic carboxylic acids is 1. The molecule has 1 amide bonds. The highest BCUT2D eigenvalue weighted by Crippen LogP contribution is 2.30. The molecule has 0 heterocycles. The standard InChI is InChI=1S/C12H12ClNO7/c1-20-9-3-8(7(13)2-6(9)12(18)19)14-10(15)4-21-5-11(16)17/h2-3H,4-5H2,1H3,(H,14,15)(H,16,17)(H,18,19). The number of benzene rings is 1. The molecule has 114 valence electrons. The van der Waals surface area contributed by atoms with E-state index in [0.717, 1.165) is 6.07 Å². The van der Waals surface area contributed by atoms with Crippen LogP contribution in [0.1, 0.15) is 10.4 Å². The summed E-state index contributed by atoms with van der Waals surface area (Å²) >= 11 is 5.86. The van der Waals surface area contributed by atoms with Crippen molar-refractivity contribution in [3.63, 3.8) is 0 Å². The summed E-state index contributed by atoms with van der Waals surface area (Å²) in [6.07, 6.45) is 0. The van der Waals surface area contributed by atoms with Gasteiger partial charge in [0, 0.05) is 6.07 Å². The Kier molecular flexibility index (Phi) is 5.94. The maximum Gasteiger partial charge on any atom is 0.339 e. The molecule has 1 aromatic rings. The van der Waals surface area contributed by atoms with Crippen LogP contribution in [-0.4, -0.2) is 48.4 Å². The van der Waals surface area contributed by atoms with E-state index in [1.165, 1.54) is 13.2 Å². The summed E-state index contributed by atoms with van der Waals surface area (Å²) in [5.74, 6) is -3.04. The fraction of sp³-hybridized carbons (Fsp3) is 0.250. The number of methoxy groups -OCH3 is 1. The van der Waals surface area contributed by atoms with Crippen LogP contribution in [-0.2, 0) is 14.3 Å². The molecular weight excluding hydrogens is 306 g/mol. The molecule has 0 bridgehead atoms. The molecule has 21 heavy (non-hydrogen) atoms. The van der Waals surface area contributed by atoms with Crippen molar-refractivity contribution in [2.24, 2.45) is 0 Å². The van der Waals surface area contributed by atoms with E-state index in [1.807, 2.05) is 0 Å². The summed E-state index contributed by atoms with van der Waals surface area (Å²) in [6, 6.07) is 2.39. The number of carbonyl (C=O) groups excluding carboxylic acids is 1. The van der Waals surface area contributed by atoms with Crippen molar-refractivity contribution in [3.05, 3.63) is 22.7 Å². The molecule has 0 unspecified atom stereocenters. The third-order valence-electron chi connectivity index (χ3n) is 2.25. The number of nitrogens with one attached hydrogen (secondary N) is 1. The summed E-state index contributed by atoms with van der Waals surface area (Å²) in [4.78, 5) is 32.7. The highest BCUT2D eigenvalue weighted by Gasteiger charge is 2.16. The molecule has 9 heteroatoms. The van der Waals surface area contributed by atoms with Gasteiger partial charge in [-0.2, -0.15) is 0 Å². The first-order valence-corrected chi connectivity index (χ1v) is 5.93. The molecule has 0 saturated heterocycles. The predicted molar refractivity (Wildman–Crippen MR) is 72.0 cm³/mol. The maximum atomic E-state index is 11.5. The van der Waals surface area contributed by atoms with Crippen LogP contribution < -0.4 is 10.1 Å². The highest BCUT2D eigenvalue weighted by molar-refractivity contribution is 6.34. The Morgan fingerprint density at radius 3 is 2.43 bits per heavy atom. The largest absolute Gasteiger partial charge is 0.496 e. The molecule has 0 aliphatic rings. The number of anilines is 1. The fourth-order valence-electron chi connectivity index (χ4n) is 1.40. The van der Waals surface area contributed by atoms with Crippen molar-refractivity contribution in [1.29, 1.82) is 0 Å². The van der Waals surface area contributed by atoms with Gasteiger partial charge in [0.05, 0.1) is 17.8 Å². The Morgan fingerprint density at radius 1 is 1.24 bits per heavy atom. The molecule has 3 N–H and O–H groups in total. The van der Waals surface area contributed by atoms with Crippen molar-refractivity contribution in [1.82, 2.24) is 0 Å². The Morgan fingerprint density at radius 2 is 1.90 bits per heavy atom. The van der Waals surface area contributed by atoms with Gasteiger partial charge in [0.1, 0.15) is 24.5 Å². The summed E-state index contributed by atoms with van der Waals surface area (Å²) < 4.78 is 9.50. The van der Waals surface area contributed by atoms with Gasteiger partial charge in [-0.3, -0.25) is 4.79 Å². The number of carbonyl (C=O) groups is 3. The van der Waals surface area contributed by atoms with Gasteiger partial charge in [-0.25, -0.2) is 9.59 Å². The zero-order chi connectivity index (χ0) is 16.0. The average Bonchev–Trinajstić information content (AvgIpc) is 2.39. The number of hydrogen-bond acceptors (Lipinski definition) is 5. The number of rotatable bonds is 7. The summed E-state index contributed by atoms with van der Waals surface area (Å²) in [5.41, 5.74) is -0.0231. The topological polar surface area (TPSA) is 122 Å². The van der Waals surface area contributed by atoms with E-state index in [0.29, 0.717) is 0 Å². The summed E-state index contributed by atoms with van der Waals surface area (Å²) in [6.45, 7) is -1.09. The van der Waals surface area contributed by atoms with E-state index >= 15 is 0 Å². The van der Waals surface area contributed by atoms with Crippen molar-refractivity contribution < 1.29 is 34.1 Å². The van der Waals surface area contributed by atoms with Gasteiger partial charge in [-0.1, -0.05) is 11.6 Å². The van der Waals surface area contributed by atoms with Crippen LogP contribution in [0.5, 0.6) is 5.75 Å². The first kappa shape index (κ1) is 16.7. The van der Waals surface area contributed by atoms with E-state index in [9.17, 15) is 14.4 Å². The molecule has 0 saturated carbocycles. The molecule has 0 atom stereocenters. The van der Waals surface area contributed by atoms with Crippen molar-refractivity contribution in [2.45, 2.75) is 0 Å². The van der Waals surface area contributed by atoms with Gasteiger partial charge in [0.25, 0.3) is 0 Å². The second-order valence-corrected chi connectivity index (χ2v) is 4.18. The SMILES string of the molecule is COc1cc(NC(=O)COCC(=O)O)c(Cl)cc1C(=O)O. The van der Waals surface area contributed by atoms with Gasteiger partial charge in [-0.05, 0) is 6.07 Å². The second-order valence-electron chi connectivity index (χ2n) is 3.77. The molecule has 1 aromatic carbocycles. The molecule has 0 aliphatic carbocycles. The van der Waals surface area contributed by atoms with Crippen LogP contribution in [0.2, 0.25) is 5.02 Å². The lowest BCUT2D eigenvalue weighted by molar-refractivity contribution is -0.143. The van der Waals surface area contributed by atoms with E-state index in [2.05, 4.69) is 10.1 Å². The minimum atomic E-state index is -1.23. The monoisotopic (exact) mass is 317 g/mol. The van der Waals surface area contributed by atoms with Crippen LogP contribution in [0.3, 0.4) is 0 Å². The highest BCUT2D eigenvalue weighted by atomic mass is 35.5. The van der Waals surface area contributed by atoms with Crippen LogP contribution in [0.4, 0.5) is 5.69 Å². The van der Waals surface area contributed by atoms with Crippen molar-refractivity contribution in [3.8, 4) is 5.75 Å². The van der Waals surface area contributed by atoms with Crippen LogP contribution in [0.25, 0.3) is 0 Å². The first-order chi connectivity index (χ1) is 9.85.